The Hall–Kier alpha value is -1.15. The molecule has 1 aromatic rings. The van der Waals surface area contributed by atoms with Gasteiger partial charge in [-0.3, -0.25) is 9.18 Å². The summed E-state index contributed by atoms with van der Waals surface area (Å²) < 4.78 is 14.3. The Morgan fingerprint density at radius 3 is 2.76 bits per heavy atom. The average molecular weight is 301 g/mol. The Morgan fingerprint density at radius 2 is 2.18 bits per heavy atom. The third kappa shape index (κ3) is 3.40. The molecule has 0 unspecified atom stereocenters. The summed E-state index contributed by atoms with van der Waals surface area (Å²) in [6.07, 6.45) is 2.01. The van der Waals surface area contributed by atoms with E-state index in [-0.39, 0.29) is 17.8 Å². The lowest BCUT2D eigenvalue weighted by atomic mass is 10.2. The van der Waals surface area contributed by atoms with E-state index < -0.39 is 0 Å². The SMILES string of the molecule is Cc1c(Br)cc(C#N)c(=O)n1CCCCCF. The van der Waals surface area contributed by atoms with Crippen LogP contribution in [0.2, 0.25) is 0 Å². The van der Waals surface area contributed by atoms with E-state index >= 15 is 0 Å². The van der Waals surface area contributed by atoms with Gasteiger partial charge in [-0.15, -0.1) is 0 Å². The summed E-state index contributed by atoms with van der Waals surface area (Å²) in [5, 5.41) is 8.83. The lowest BCUT2D eigenvalue weighted by Gasteiger charge is -2.11. The molecule has 0 fully saturated rings. The minimum Gasteiger partial charge on any atom is -0.311 e. The maximum atomic E-state index is 11.9. The van der Waals surface area contributed by atoms with E-state index in [2.05, 4.69) is 15.9 Å². The van der Waals surface area contributed by atoms with Crippen LogP contribution in [0.1, 0.15) is 30.5 Å². The maximum Gasteiger partial charge on any atom is 0.268 e. The lowest BCUT2D eigenvalue weighted by molar-refractivity contribution is 0.445. The summed E-state index contributed by atoms with van der Waals surface area (Å²) >= 11 is 3.32. The van der Waals surface area contributed by atoms with Crippen molar-refractivity contribution in [2.75, 3.05) is 6.67 Å². The first-order valence-electron chi connectivity index (χ1n) is 5.47. The van der Waals surface area contributed by atoms with E-state index in [1.165, 1.54) is 6.07 Å². The smallest absolute Gasteiger partial charge is 0.268 e. The molecule has 0 aromatic carbocycles. The number of hydrogen-bond acceptors (Lipinski definition) is 2. The number of pyridine rings is 1. The van der Waals surface area contributed by atoms with Gasteiger partial charge in [0.25, 0.3) is 5.56 Å². The Bertz CT molecular complexity index is 491. The minimum absolute atomic E-state index is 0.132. The normalized spacial score (nSPS) is 10.2. The van der Waals surface area contributed by atoms with Crippen molar-refractivity contribution in [2.45, 2.75) is 32.7 Å². The molecule has 17 heavy (non-hydrogen) atoms. The van der Waals surface area contributed by atoms with Crippen LogP contribution in [0.4, 0.5) is 4.39 Å². The van der Waals surface area contributed by atoms with Gasteiger partial charge < -0.3 is 4.57 Å². The second-order valence-corrected chi connectivity index (χ2v) is 4.66. The van der Waals surface area contributed by atoms with E-state index in [1.54, 1.807) is 4.57 Å². The molecule has 0 bridgehead atoms. The van der Waals surface area contributed by atoms with Crippen molar-refractivity contribution in [1.29, 1.82) is 5.26 Å². The zero-order chi connectivity index (χ0) is 12.8. The Balaban J connectivity index is 2.94. The van der Waals surface area contributed by atoms with E-state index in [4.69, 9.17) is 5.26 Å². The summed E-state index contributed by atoms with van der Waals surface area (Å²) in [5.41, 5.74) is 0.663. The van der Waals surface area contributed by atoms with Gasteiger partial charge in [-0.2, -0.15) is 5.26 Å². The molecular formula is C12H14BrFN2O. The summed E-state index contributed by atoms with van der Waals surface area (Å²) in [7, 11) is 0. The van der Waals surface area contributed by atoms with Gasteiger partial charge in [-0.1, -0.05) is 0 Å². The van der Waals surface area contributed by atoms with Crippen molar-refractivity contribution in [3.8, 4) is 6.07 Å². The molecule has 0 N–H and O–H groups in total. The van der Waals surface area contributed by atoms with E-state index in [0.717, 1.165) is 23.0 Å². The van der Waals surface area contributed by atoms with Gasteiger partial charge in [0.05, 0.1) is 6.67 Å². The predicted molar refractivity (Wildman–Crippen MR) is 67.7 cm³/mol. The molecule has 3 nitrogen and oxygen atoms in total. The van der Waals surface area contributed by atoms with Gasteiger partial charge in [-0.25, -0.2) is 0 Å². The molecule has 5 heteroatoms. The molecular weight excluding hydrogens is 287 g/mol. The number of rotatable bonds is 5. The van der Waals surface area contributed by atoms with Crippen LogP contribution in [0.3, 0.4) is 0 Å². The van der Waals surface area contributed by atoms with Crippen LogP contribution in [0.5, 0.6) is 0 Å². The molecule has 0 amide bonds. The fourth-order valence-electron chi connectivity index (χ4n) is 1.61. The van der Waals surface area contributed by atoms with Crippen molar-refractivity contribution >= 4 is 15.9 Å². The molecule has 0 aliphatic rings. The quantitative estimate of drug-likeness (QED) is 0.785. The van der Waals surface area contributed by atoms with Crippen LogP contribution in [0.15, 0.2) is 15.3 Å². The van der Waals surface area contributed by atoms with Gasteiger partial charge in [0.2, 0.25) is 0 Å². The molecule has 0 saturated heterocycles. The molecule has 92 valence electrons. The molecule has 0 atom stereocenters. The molecule has 1 aromatic heterocycles. The topological polar surface area (TPSA) is 45.8 Å². The third-order valence-corrected chi connectivity index (χ3v) is 3.44. The number of hydrogen-bond donors (Lipinski definition) is 0. The first-order chi connectivity index (χ1) is 8.11. The van der Waals surface area contributed by atoms with Crippen molar-refractivity contribution in [3.05, 3.63) is 32.2 Å². The highest BCUT2D eigenvalue weighted by Crippen LogP contribution is 2.15. The van der Waals surface area contributed by atoms with Crippen LogP contribution in [0, 0.1) is 18.3 Å². The monoisotopic (exact) mass is 300 g/mol. The standard InChI is InChI=1S/C12H14BrFN2O/c1-9-11(13)7-10(8-15)12(17)16(9)6-4-2-3-5-14/h7H,2-6H2,1H3. The van der Waals surface area contributed by atoms with Crippen molar-refractivity contribution in [3.63, 3.8) is 0 Å². The molecule has 0 saturated carbocycles. The van der Waals surface area contributed by atoms with Crippen molar-refractivity contribution in [2.24, 2.45) is 0 Å². The van der Waals surface area contributed by atoms with Crippen LogP contribution < -0.4 is 5.56 Å². The van der Waals surface area contributed by atoms with E-state index in [9.17, 15) is 9.18 Å². The fourth-order valence-corrected chi connectivity index (χ4v) is 2.05. The number of alkyl halides is 1. The highest BCUT2D eigenvalue weighted by Gasteiger charge is 2.09. The van der Waals surface area contributed by atoms with E-state index in [1.807, 2.05) is 13.0 Å². The first-order valence-corrected chi connectivity index (χ1v) is 6.27. The number of unbranched alkanes of at least 4 members (excludes halogenated alkanes) is 2. The minimum atomic E-state index is -0.324. The highest BCUT2D eigenvalue weighted by molar-refractivity contribution is 9.10. The van der Waals surface area contributed by atoms with Crippen molar-refractivity contribution < 1.29 is 4.39 Å². The van der Waals surface area contributed by atoms with Gasteiger partial charge >= 0.3 is 0 Å². The van der Waals surface area contributed by atoms with Gasteiger partial charge in [0.15, 0.2) is 0 Å². The van der Waals surface area contributed by atoms with Crippen LogP contribution in [-0.4, -0.2) is 11.2 Å². The summed E-state index contributed by atoms with van der Waals surface area (Å²) in [5.74, 6) is 0. The Morgan fingerprint density at radius 1 is 1.47 bits per heavy atom. The zero-order valence-corrected chi connectivity index (χ0v) is 11.3. The molecule has 0 aliphatic carbocycles. The maximum absolute atomic E-state index is 11.9. The van der Waals surface area contributed by atoms with Crippen molar-refractivity contribution in [1.82, 2.24) is 4.57 Å². The van der Waals surface area contributed by atoms with Gasteiger partial charge in [0, 0.05) is 16.7 Å². The van der Waals surface area contributed by atoms with Crippen LogP contribution >= 0.6 is 15.9 Å². The Kier molecular flexibility index (Phi) is 5.36. The summed E-state index contributed by atoms with van der Waals surface area (Å²) in [6, 6.07) is 3.42. The van der Waals surface area contributed by atoms with Crippen LogP contribution in [-0.2, 0) is 6.54 Å². The first kappa shape index (κ1) is 13.9. The fraction of sp³-hybridized carbons (Fsp3) is 0.500. The second-order valence-electron chi connectivity index (χ2n) is 3.81. The van der Waals surface area contributed by atoms with Gasteiger partial charge in [-0.05, 0) is 48.2 Å². The molecule has 1 heterocycles. The van der Waals surface area contributed by atoms with Gasteiger partial charge in [0.1, 0.15) is 11.6 Å². The van der Waals surface area contributed by atoms with E-state index in [0.29, 0.717) is 13.0 Å². The zero-order valence-electron chi connectivity index (χ0n) is 9.67. The molecule has 0 spiro atoms. The number of nitrogens with zero attached hydrogens (tertiary/aromatic N) is 2. The average Bonchev–Trinajstić information content (AvgIpc) is 2.33. The molecule has 0 aliphatic heterocycles. The summed E-state index contributed by atoms with van der Waals surface area (Å²) in [4.78, 5) is 11.9. The molecule has 1 rings (SSSR count). The largest absolute Gasteiger partial charge is 0.311 e. The number of aromatic nitrogens is 1. The number of halogens is 2. The highest BCUT2D eigenvalue weighted by atomic mass is 79.9. The number of nitriles is 1. The summed E-state index contributed by atoms with van der Waals surface area (Å²) in [6.45, 7) is 2.02. The molecule has 0 radical (unpaired) electrons. The third-order valence-electron chi connectivity index (χ3n) is 2.63. The second kappa shape index (κ2) is 6.55. The predicted octanol–water partition coefficient (Wildman–Crippen LogP) is 2.93. The lowest BCUT2D eigenvalue weighted by Crippen LogP contribution is -2.25. The Labute approximate surface area is 108 Å². The van der Waals surface area contributed by atoms with Crippen LogP contribution in [0.25, 0.3) is 0 Å².